The molecule has 98 valence electrons. The third-order valence-electron chi connectivity index (χ3n) is 3.86. The lowest BCUT2D eigenvalue weighted by Crippen LogP contribution is -2.42. The summed E-state index contributed by atoms with van der Waals surface area (Å²) < 4.78 is 0. The molecule has 2 N–H and O–H groups in total. The van der Waals surface area contributed by atoms with Crippen molar-refractivity contribution in [1.29, 1.82) is 0 Å². The molecule has 0 bridgehead atoms. The molecule has 1 saturated heterocycles. The van der Waals surface area contributed by atoms with Gasteiger partial charge in [0.1, 0.15) is 0 Å². The van der Waals surface area contributed by atoms with E-state index in [1.807, 2.05) is 0 Å². The third-order valence-corrected chi connectivity index (χ3v) is 3.86. The summed E-state index contributed by atoms with van der Waals surface area (Å²) in [6.45, 7) is 7.63. The Balaban J connectivity index is 1.71. The van der Waals surface area contributed by atoms with Crippen molar-refractivity contribution in [3.05, 3.63) is 12.2 Å². The van der Waals surface area contributed by atoms with E-state index in [0.29, 0.717) is 12.6 Å². The molecular weight excluding hydrogens is 212 g/mol. The minimum atomic E-state index is 0.313. The lowest BCUT2D eigenvalue weighted by atomic mass is 9.99. The van der Waals surface area contributed by atoms with Gasteiger partial charge in [0.15, 0.2) is 0 Å². The van der Waals surface area contributed by atoms with Crippen LogP contribution in [0.2, 0.25) is 0 Å². The molecule has 0 amide bonds. The molecule has 0 aromatic carbocycles. The highest BCUT2D eigenvalue weighted by atomic mass is 16.3. The predicted molar refractivity (Wildman–Crippen MR) is 71.1 cm³/mol. The molecule has 1 aliphatic carbocycles. The van der Waals surface area contributed by atoms with Crippen LogP contribution in [0.5, 0.6) is 0 Å². The molecule has 0 radical (unpaired) electrons. The molecular formula is C14H26N2O. The van der Waals surface area contributed by atoms with Gasteiger partial charge in [0.25, 0.3) is 0 Å². The van der Waals surface area contributed by atoms with E-state index >= 15 is 0 Å². The molecule has 0 spiro atoms. The van der Waals surface area contributed by atoms with Gasteiger partial charge < -0.3 is 10.4 Å². The quantitative estimate of drug-likeness (QED) is 0.660. The van der Waals surface area contributed by atoms with Gasteiger partial charge in [-0.3, -0.25) is 4.90 Å². The second kappa shape index (κ2) is 6.53. The normalized spacial score (nSPS) is 26.1. The monoisotopic (exact) mass is 238 g/mol. The standard InChI is InChI=1S/C14H26N2O/c1-12(10-15-13-5-6-13)11-16-8-3-2-4-14(16)7-9-17/h13-15,17H,1-11H2. The maximum atomic E-state index is 9.09. The molecule has 1 atom stereocenters. The summed E-state index contributed by atoms with van der Waals surface area (Å²) >= 11 is 0. The Labute approximate surface area is 105 Å². The first-order valence-electron chi connectivity index (χ1n) is 7.04. The van der Waals surface area contributed by atoms with Crippen LogP contribution < -0.4 is 5.32 Å². The average molecular weight is 238 g/mol. The summed E-state index contributed by atoms with van der Waals surface area (Å²) in [4.78, 5) is 2.51. The second-order valence-electron chi connectivity index (χ2n) is 5.54. The van der Waals surface area contributed by atoms with E-state index in [0.717, 1.165) is 25.6 Å². The largest absolute Gasteiger partial charge is 0.396 e. The summed E-state index contributed by atoms with van der Waals surface area (Å²) in [6.07, 6.45) is 7.45. The highest BCUT2D eigenvalue weighted by Gasteiger charge is 2.23. The Hall–Kier alpha value is -0.380. The van der Waals surface area contributed by atoms with Crippen molar-refractivity contribution in [2.45, 2.75) is 50.6 Å². The molecule has 1 saturated carbocycles. The lowest BCUT2D eigenvalue weighted by Gasteiger charge is -2.36. The van der Waals surface area contributed by atoms with Gasteiger partial charge >= 0.3 is 0 Å². The van der Waals surface area contributed by atoms with Crippen LogP contribution in [0.3, 0.4) is 0 Å². The second-order valence-corrected chi connectivity index (χ2v) is 5.54. The minimum absolute atomic E-state index is 0.313. The van der Waals surface area contributed by atoms with Gasteiger partial charge in [0.05, 0.1) is 0 Å². The molecule has 2 fully saturated rings. The number of hydrogen-bond donors (Lipinski definition) is 2. The fraction of sp³-hybridized carbons (Fsp3) is 0.857. The third kappa shape index (κ3) is 4.41. The zero-order valence-electron chi connectivity index (χ0n) is 10.8. The molecule has 1 aliphatic heterocycles. The van der Waals surface area contributed by atoms with E-state index in [-0.39, 0.29) is 0 Å². The molecule has 3 heteroatoms. The zero-order chi connectivity index (χ0) is 12.1. The van der Waals surface area contributed by atoms with Crippen LogP contribution in [0.15, 0.2) is 12.2 Å². The predicted octanol–water partition coefficient (Wildman–Crippen LogP) is 1.53. The highest BCUT2D eigenvalue weighted by Crippen LogP contribution is 2.21. The average Bonchev–Trinajstić information content (AvgIpc) is 3.13. The number of aliphatic hydroxyl groups excluding tert-OH is 1. The molecule has 17 heavy (non-hydrogen) atoms. The number of hydrogen-bond acceptors (Lipinski definition) is 3. The zero-order valence-corrected chi connectivity index (χ0v) is 10.8. The Bertz CT molecular complexity index is 249. The molecule has 1 heterocycles. The topological polar surface area (TPSA) is 35.5 Å². The summed E-state index contributed by atoms with van der Waals surface area (Å²) in [6, 6.07) is 1.34. The van der Waals surface area contributed by atoms with E-state index in [1.54, 1.807) is 0 Å². The van der Waals surface area contributed by atoms with Crippen LogP contribution in [-0.2, 0) is 0 Å². The highest BCUT2D eigenvalue weighted by molar-refractivity contribution is 5.03. The Kier molecular flexibility index (Phi) is 5.01. The van der Waals surface area contributed by atoms with Gasteiger partial charge in [0.2, 0.25) is 0 Å². The van der Waals surface area contributed by atoms with Crippen molar-refractivity contribution >= 4 is 0 Å². The van der Waals surface area contributed by atoms with Crippen LogP contribution >= 0.6 is 0 Å². The first kappa shape index (κ1) is 13.1. The molecule has 2 aliphatic rings. The van der Waals surface area contributed by atoms with Gasteiger partial charge in [-0.2, -0.15) is 0 Å². The number of rotatable bonds is 7. The van der Waals surface area contributed by atoms with Crippen LogP contribution in [0.1, 0.15) is 38.5 Å². The smallest absolute Gasteiger partial charge is 0.0445 e. The molecule has 0 aromatic heterocycles. The fourth-order valence-corrected chi connectivity index (χ4v) is 2.66. The van der Waals surface area contributed by atoms with Crippen molar-refractivity contribution in [2.24, 2.45) is 0 Å². The summed E-state index contributed by atoms with van der Waals surface area (Å²) in [5, 5.41) is 12.6. The van der Waals surface area contributed by atoms with Crippen molar-refractivity contribution in [2.75, 3.05) is 26.2 Å². The SMILES string of the molecule is C=C(CNC1CC1)CN1CCCCC1CCO. The number of nitrogens with zero attached hydrogens (tertiary/aromatic N) is 1. The lowest BCUT2D eigenvalue weighted by molar-refractivity contribution is 0.129. The van der Waals surface area contributed by atoms with E-state index in [9.17, 15) is 0 Å². The number of aliphatic hydroxyl groups is 1. The van der Waals surface area contributed by atoms with Gasteiger partial charge in [-0.1, -0.05) is 13.0 Å². The van der Waals surface area contributed by atoms with E-state index < -0.39 is 0 Å². The van der Waals surface area contributed by atoms with E-state index in [2.05, 4.69) is 16.8 Å². The van der Waals surface area contributed by atoms with Gasteiger partial charge in [-0.05, 0) is 44.2 Å². The van der Waals surface area contributed by atoms with E-state index in [1.165, 1.54) is 44.2 Å². The summed E-state index contributed by atoms with van der Waals surface area (Å²) in [5.41, 5.74) is 1.29. The Morgan fingerprint density at radius 3 is 2.82 bits per heavy atom. The summed E-state index contributed by atoms with van der Waals surface area (Å²) in [5.74, 6) is 0. The van der Waals surface area contributed by atoms with Crippen molar-refractivity contribution in [1.82, 2.24) is 10.2 Å². The molecule has 1 unspecified atom stereocenters. The van der Waals surface area contributed by atoms with Crippen molar-refractivity contribution in [3.63, 3.8) is 0 Å². The fourth-order valence-electron chi connectivity index (χ4n) is 2.66. The van der Waals surface area contributed by atoms with Crippen LogP contribution in [-0.4, -0.2) is 48.3 Å². The van der Waals surface area contributed by atoms with Crippen LogP contribution in [0.4, 0.5) is 0 Å². The van der Waals surface area contributed by atoms with Crippen molar-refractivity contribution in [3.8, 4) is 0 Å². The first-order chi connectivity index (χ1) is 8.29. The maximum absolute atomic E-state index is 9.09. The van der Waals surface area contributed by atoms with Crippen LogP contribution in [0.25, 0.3) is 0 Å². The summed E-state index contributed by atoms with van der Waals surface area (Å²) in [7, 11) is 0. The molecule has 3 nitrogen and oxygen atoms in total. The van der Waals surface area contributed by atoms with Gasteiger partial charge in [0, 0.05) is 31.8 Å². The Morgan fingerprint density at radius 1 is 1.29 bits per heavy atom. The van der Waals surface area contributed by atoms with Gasteiger partial charge in [-0.25, -0.2) is 0 Å². The number of nitrogens with one attached hydrogen (secondary N) is 1. The van der Waals surface area contributed by atoms with Crippen LogP contribution in [0, 0.1) is 0 Å². The number of piperidine rings is 1. The van der Waals surface area contributed by atoms with Crippen molar-refractivity contribution < 1.29 is 5.11 Å². The molecule has 0 aromatic rings. The number of likely N-dealkylation sites (tertiary alicyclic amines) is 1. The molecule has 2 rings (SSSR count). The van der Waals surface area contributed by atoms with Gasteiger partial charge in [-0.15, -0.1) is 0 Å². The maximum Gasteiger partial charge on any atom is 0.0445 e. The minimum Gasteiger partial charge on any atom is -0.396 e. The van der Waals surface area contributed by atoms with E-state index in [4.69, 9.17) is 5.11 Å². The Morgan fingerprint density at radius 2 is 2.12 bits per heavy atom. The first-order valence-corrected chi connectivity index (χ1v) is 7.04.